The van der Waals surface area contributed by atoms with Crippen molar-refractivity contribution in [3.05, 3.63) is 29.3 Å². The Morgan fingerprint density at radius 3 is 2.65 bits per heavy atom. The molecule has 1 amide bonds. The van der Waals surface area contributed by atoms with Gasteiger partial charge in [0, 0.05) is 12.1 Å². The normalized spacial score (nSPS) is 21.5. The number of carbonyl (C=O) groups excluding carboxylic acids is 1. The number of carbonyl (C=O) groups is 1. The largest absolute Gasteiger partial charge is 0.396 e. The van der Waals surface area contributed by atoms with Crippen molar-refractivity contribution in [2.75, 3.05) is 5.73 Å². The van der Waals surface area contributed by atoms with E-state index in [4.69, 9.17) is 5.73 Å². The Hall–Kier alpha value is -1.65. The van der Waals surface area contributed by atoms with E-state index in [1.54, 1.807) is 0 Å². The van der Waals surface area contributed by atoms with E-state index in [9.17, 15) is 13.6 Å². The summed E-state index contributed by atoms with van der Waals surface area (Å²) in [7, 11) is 0. The summed E-state index contributed by atoms with van der Waals surface area (Å²) in [6, 6.07) is 1.70. The Morgan fingerprint density at radius 1 is 1.30 bits per heavy atom. The lowest BCUT2D eigenvalue weighted by molar-refractivity contribution is 0.0849. The summed E-state index contributed by atoms with van der Waals surface area (Å²) >= 11 is 0. The highest BCUT2D eigenvalue weighted by Crippen LogP contribution is 2.35. The maximum atomic E-state index is 13.7. The molecule has 3 N–H and O–H groups in total. The Morgan fingerprint density at radius 2 is 2.00 bits per heavy atom. The Bertz CT molecular complexity index is 529. The van der Waals surface area contributed by atoms with Gasteiger partial charge in [-0.2, -0.15) is 0 Å². The van der Waals surface area contributed by atoms with E-state index in [1.807, 2.05) is 0 Å². The van der Waals surface area contributed by atoms with Gasteiger partial charge in [0.2, 0.25) is 0 Å². The molecule has 20 heavy (non-hydrogen) atoms. The molecule has 1 fully saturated rings. The lowest BCUT2D eigenvalue weighted by Crippen LogP contribution is -2.47. The Balaban J connectivity index is 2.18. The first-order valence-electron chi connectivity index (χ1n) is 6.86. The second-order valence-corrected chi connectivity index (χ2v) is 6.11. The van der Waals surface area contributed by atoms with Crippen molar-refractivity contribution in [1.29, 1.82) is 0 Å². The highest BCUT2D eigenvalue weighted by molar-refractivity contribution is 5.95. The molecule has 0 aliphatic heterocycles. The van der Waals surface area contributed by atoms with Gasteiger partial charge in [-0.1, -0.05) is 26.7 Å². The maximum Gasteiger partial charge on any atom is 0.254 e. The summed E-state index contributed by atoms with van der Waals surface area (Å²) in [5.74, 6) is -2.27. The summed E-state index contributed by atoms with van der Waals surface area (Å²) < 4.78 is 26.8. The van der Waals surface area contributed by atoms with Crippen LogP contribution < -0.4 is 11.1 Å². The quantitative estimate of drug-likeness (QED) is 0.818. The summed E-state index contributed by atoms with van der Waals surface area (Å²) in [5, 5.41) is 2.86. The highest BCUT2D eigenvalue weighted by Gasteiger charge is 2.33. The number of benzene rings is 1. The number of nitrogen functional groups attached to an aromatic ring is 1. The number of hydrogen-bond acceptors (Lipinski definition) is 2. The fourth-order valence-corrected chi connectivity index (χ4v) is 2.74. The second-order valence-electron chi connectivity index (χ2n) is 6.11. The monoisotopic (exact) mass is 282 g/mol. The number of rotatable bonds is 2. The molecule has 1 unspecified atom stereocenters. The molecular weight excluding hydrogens is 262 g/mol. The third kappa shape index (κ3) is 2.92. The molecule has 1 aromatic carbocycles. The predicted octanol–water partition coefficient (Wildman–Crippen LogP) is 3.25. The average Bonchev–Trinajstić information content (AvgIpc) is 2.36. The van der Waals surface area contributed by atoms with E-state index < -0.39 is 17.5 Å². The maximum absolute atomic E-state index is 13.7. The molecule has 110 valence electrons. The van der Waals surface area contributed by atoms with Crippen molar-refractivity contribution in [2.24, 2.45) is 5.41 Å². The van der Waals surface area contributed by atoms with Gasteiger partial charge in [-0.3, -0.25) is 4.79 Å². The van der Waals surface area contributed by atoms with E-state index in [-0.39, 0.29) is 22.7 Å². The zero-order valence-electron chi connectivity index (χ0n) is 11.8. The van der Waals surface area contributed by atoms with Crippen LogP contribution in [0.25, 0.3) is 0 Å². The first-order chi connectivity index (χ1) is 9.31. The van der Waals surface area contributed by atoms with E-state index in [0.717, 1.165) is 31.7 Å². The summed E-state index contributed by atoms with van der Waals surface area (Å²) in [6.07, 6.45) is 4.07. The van der Waals surface area contributed by atoms with E-state index in [0.29, 0.717) is 6.07 Å². The van der Waals surface area contributed by atoms with Gasteiger partial charge in [0.05, 0.1) is 11.3 Å². The van der Waals surface area contributed by atoms with E-state index in [1.165, 1.54) is 0 Å². The van der Waals surface area contributed by atoms with Crippen LogP contribution in [0.3, 0.4) is 0 Å². The molecule has 1 atom stereocenters. The molecule has 0 saturated heterocycles. The van der Waals surface area contributed by atoms with Gasteiger partial charge >= 0.3 is 0 Å². The summed E-state index contributed by atoms with van der Waals surface area (Å²) in [5.41, 5.74) is 4.95. The van der Waals surface area contributed by atoms with Gasteiger partial charge in [0.1, 0.15) is 11.6 Å². The molecule has 5 heteroatoms. The fourth-order valence-electron chi connectivity index (χ4n) is 2.74. The van der Waals surface area contributed by atoms with Crippen LogP contribution in [0, 0.1) is 17.0 Å². The van der Waals surface area contributed by atoms with Crippen LogP contribution in [-0.2, 0) is 0 Å². The minimum absolute atomic E-state index is 0.00516. The van der Waals surface area contributed by atoms with Gasteiger partial charge in [0.15, 0.2) is 0 Å². The van der Waals surface area contributed by atoms with Crippen molar-refractivity contribution in [3.8, 4) is 0 Å². The minimum atomic E-state index is -0.886. The molecule has 0 spiro atoms. The zero-order valence-corrected chi connectivity index (χ0v) is 11.8. The number of anilines is 1. The standard InChI is InChI=1S/C15H20F2N2O/c1-15(2)6-4-3-5-13(15)19-14(20)9-7-12(18)11(17)8-10(9)16/h7-8,13H,3-6,18H2,1-2H3,(H,19,20). The topological polar surface area (TPSA) is 55.1 Å². The molecule has 0 heterocycles. The molecule has 2 rings (SSSR count). The predicted molar refractivity (Wildman–Crippen MR) is 74.3 cm³/mol. The molecular formula is C15H20F2N2O. The number of halogens is 2. The third-order valence-corrected chi connectivity index (χ3v) is 4.14. The van der Waals surface area contributed by atoms with Gasteiger partial charge in [0.25, 0.3) is 5.91 Å². The molecule has 0 bridgehead atoms. The molecule has 1 saturated carbocycles. The zero-order chi connectivity index (χ0) is 14.9. The second kappa shape index (κ2) is 5.38. The van der Waals surface area contributed by atoms with Crippen LogP contribution >= 0.6 is 0 Å². The van der Waals surface area contributed by atoms with Crippen LogP contribution in [-0.4, -0.2) is 11.9 Å². The minimum Gasteiger partial charge on any atom is -0.396 e. The van der Waals surface area contributed by atoms with Gasteiger partial charge in [-0.15, -0.1) is 0 Å². The molecule has 1 aliphatic carbocycles. The van der Waals surface area contributed by atoms with Crippen molar-refractivity contribution in [3.63, 3.8) is 0 Å². The number of nitrogens with two attached hydrogens (primary N) is 1. The average molecular weight is 282 g/mol. The first-order valence-corrected chi connectivity index (χ1v) is 6.86. The number of hydrogen-bond donors (Lipinski definition) is 2. The molecule has 1 aromatic rings. The Labute approximate surface area is 117 Å². The number of amides is 1. The lowest BCUT2D eigenvalue weighted by Gasteiger charge is -2.39. The molecule has 1 aliphatic rings. The van der Waals surface area contributed by atoms with Crippen LogP contribution in [0.5, 0.6) is 0 Å². The first kappa shape index (κ1) is 14.8. The lowest BCUT2D eigenvalue weighted by atomic mass is 9.73. The van der Waals surface area contributed by atoms with Crippen molar-refractivity contribution in [2.45, 2.75) is 45.6 Å². The molecule has 0 radical (unpaired) electrons. The van der Waals surface area contributed by atoms with Crippen molar-refractivity contribution >= 4 is 11.6 Å². The Kier molecular flexibility index (Phi) is 3.97. The molecule has 0 aromatic heterocycles. The summed E-state index contributed by atoms with van der Waals surface area (Å²) in [4.78, 5) is 12.2. The van der Waals surface area contributed by atoms with Crippen molar-refractivity contribution in [1.82, 2.24) is 5.32 Å². The van der Waals surface area contributed by atoms with Crippen LogP contribution in [0.4, 0.5) is 14.5 Å². The van der Waals surface area contributed by atoms with Gasteiger partial charge in [-0.05, 0) is 24.3 Å². The van der Waals surface area contributed by atoms with Crippen LogP contribution in [0.2, 0.25) is 0 Å². The van der Waals surface area contributed by atoms with Crippen LogP contribution in [0.15, 0.2) is 12.1 Å². The van der Waals surface area contributed by atoms with Crippen LogP contribution in [0.1, 0.15) is 49.9 Å². The highest BCUT2D eigenvalue weighted by atomic mass is 19.1. The van der Waals surface area contributed by atoms with Gasteiger partial charge < -0.3 is 11.1 Å². The fraction of sp³-hybridized carbons (Fsp3) is 0.533. The molecule has 3 nitrogen and oxygen atoms in total. The van der Waals surface area contributed by atoms with E-state index >= 15 is 0 Å². The van der Waals surface area contributed by atoms with E-state index in [2.05, 4.69) is 19.2 Å². The third-order valence-electron chi connectivity index (χ3n) is 4.14. The SMILES string of the molecule is CC1(C)CCCCC1NC(=O)c1cc(N)c(F)cc1F. The smallest absolute Gasteiger partial charge is 0.254 e. The van der Waals surface area contributed by atoms with Crippen molar-refractivity contribution < 1.29 is 13.6 Å². The van der Waals surface area contributed by atoms with Gasteiger partial charge in [-0.25, -0.2) is 8.78 Å². The number of nitrogens with one attached hydrogen (secondary N) is 1. The summed E-state index contributed by atoms with van der Waals surface area (Å²) in [6.45, 7) is 4.18.